The van der Waals surface area contributed by atoms with Crippen LogP contribution in [0, 0.1) is 0 Å². The minimum absolute atomic E-state index is 0.788. The number of ether oxygens (including phenoxy) is 2. The first kappa shape index (κ1) is 24.8. The normalized spacial score (nSPS) is 11.0. The molecule has 2 nitrogen and oxygen atoms in total. The van der Waals surface area contributed by atoms with Crippen LogP contribution in [0.1, 0.15) is 82.3 Å². The Kier molecular flexibility index (Phi) is 13.0. The third-order valence-corrected chi connectivity index (χ3v) is 5.32. The quantitative estimate of drug-likeness (QED) is 0.145. The van der Waals surface area contributed by atoms with Gasteiger partial charge in [-0.25, -0.2) is 0 Å². The summed E-state index contributed by atoms with van der Waals surface area (Å²) in [5, 5.41) is 0. The first-order chi connectivity index (χ1) is 15.3. The van der Waals surface area contributed by atoms with E-state index in [4.69, 9.17) is 9.47 Å². The van der Waals surface area contributed by atoms with Crippen molar-refractivity contribution in [2.75, 3.05) is 13.2 Å². The second-order valence-electron chi connectivity index (χ2n) is 8.07. The van der Waals surface area contributed by atoms with E-state index in [2.05, 4.69) is 62.1 Å². The molecule has 0 aliphatic rings. The van der Waals surface area contributed by atoms with Crippen molar-refractivity contribution in [1.29, 1.82) is 0 Å². The van der Waals surface area contributed by atoms with E-state index in [0.717, 1.165) is 50.4 Å². The Hall–Kier alpha value is -2.48. The lowest BCUT2D eigenvalue weighted by Gasteiger charge is -2.07. The van der Waals surface area contributed by atoms with Crippen LogP contribution in [0.4, 0.5) is 0 Å². The number of hydrogen-bond acceptors (Lipinski definition) is 2. The average molecular weight is 421 g/mol. The maximum atomic E-state index is 5.89. The van der Waals surface area contributed by atoms with Crippen molar-refractivity contribution in [2.24, 2.45) is 0 Å². The highest BCUT2D eigenvalue weighted by Gasteiger charge is 1.97. The van der Waals surface area contributed by atoms with Crippen molar-refractivity contribution < 1.29 is 9.47 Å². The monoisotopic (exact) mass is 420 g/mol. The highest BCUT2D eigenvalue weighted by Crippen LogP contribution is 2.17. The van der Waals surface area contributed by atoms with Gasteiger partial charge in [-0.15, -0.1) is 6.58 Å². The van der Waals surface area contributed by atoms with Crippen molar-refractivity contribution in [3.63, 3.8) is 0 Å². The van der Waals surface area contributed by atoms with Gasteiger partial charge in [0.25, 0.3) is 0 Å². The largest absolute Gasteiger partial charge is 0.494 e. The fourth-order valence-corrected chi connectivity index (χ4v) is 3.34. The molecule has 0 heterocycles. The van der Waals surface area contributed by atoms with Gasteiger partial charge in [0, 0.05) is 0 Å². The highest BCUT2D eigenvalue weighted by atomic mass is 16.5. The predicted octanol–water partition coefficient (Wildman–Crippen LogP) is 8.72. The molecule has 0 saturated heterocycles. The van der Waals surface area contributed by atoms with Gasteiger partial charge in [0.05, 0.1) is 13.2 Å². The van der Waals surface area contributed by atoms with Gasteiger partial charge in [-0.2, -0.15) is 0 Å². The van der Waals surface area contributed by atoms with Gasteiger partial charge < -0.3 is 9.47 Å². The van der Waals surface area contributed by atoms with Crippen molar-refractivity contribution in [3.05, 3.63) is 72.3 Å². The predicted molar refractivity (Wildman–Crippen MR) is 135 cm³/mol. The molecular formula is C29H40O2. The summed E-state index contributed by atoms with van der Waals surface area (Å²) in [7, 11) is 0. The molecule has 0 saturated carbocycles. The van der Waals surface area contributed by atoms with Crippen LogP contribution in [0.25, 0.3) is 12.2 Å². The third-order valence-electron chi connectivity index (χ3n) is 5.32. The van der Waals surface area contributed by atoms with Crippen molar-refractivity contribution in [3.8, 4) is 11.5 Å². The topological polar surface area (TPSA) is 18.5 Å². The van der Waals surface area contributed by atoms with Crippen LogP contribution in [0.3, 0.4) is 0 Å². The fourth-order valence-electron chi connectivity index (χ4n) is 3.34. The zero-order chi connectivity index (χ0) is 22.0. The smallest absolute Gasteiger partial charge is 0.119 e. The summed E-state index contributed by atoms with van der Waals surface area (Å²) in [6.45, 7) is 7.54. The van der Waals surface area contributed by atoms with E-state index in [1.54, 1.807) is 0 Å². The molecule has 0 spiro atoms. The van der Waals surface area contributed by atoms with Crippen LogP contribution in [0.5, 0.6) is 11.5 Å². The van der Waals surface area contributed by atoms with Gasteiger partial charge in [-0.3, -0.25) is 0 Å². The van der Waals surface area contributed by atoms with Crippen LogP contribution >= 0.6 is 0 Å². The van der Waals surface area contributed by atoms with Crippen LogP contribution in [0.2, 0.25) is 0 Å². The summed E-state index contributed by atoms with van der Waals surface area (Å²) in [6.07, 6.45) is 18.7. The molecule has 2 rings (SSSR count). The molecule has 0 N–H and O–H groups in total. The molecule has 2 aromatic carbocycles. The molecule has 0 aliphatic carbocycles. The van der Waals surface area contributed by atoms with Crippen molar-refractivity contribution >= 4 is 12.2 Å². The van der Waals surface area contributed by atoms with E-state index in [-0.39, 0.29) is 0 Å². The zero-order valence-electron chi connectivity index (χ0n) is 19.4. The van der Waals surface area contributed by atoms with Gasteiger partial charge in [0.15, 0.2) is 0 Å². The van der Waals surface area contributed by atoms with Gasteiger partial charge in [-0.05, 0) is 61.1 Å². The molecule has 31 heavy (non-hydrogen) atoms. The van der Waals surface area contributed by atoms with Crippen LogP contribution in [-0.4, -0.2) is 13.2 Å². The molecule has 2 aromatic rings. The van der Waals surface area contributed by atoms with E-state index < -0.39 is 0 Å². The molecule has 2 heteroatoms. The Morgan fingerprint density at radius 2 is 1.06 bits per heavy atom. The Morgan fingerprint density at radius 1 is 0.613 bits per heavy atom. The summed E-state index contributed by atoms with van der Waals surface area (Å²) in [5.74, 6) is 1.89. The molecule has 0 amide bonds. The molecule has 0 fully saturated rings. The number of benzene rings is 2. The van der Waals surface area contributed by atoms with Gasteiger partial charge in [0.1, 0.15) is 11.5 Å². The lowest BCUT2D eigenvalue weighted by Crippen LogP contribution is -1.97. The zero-order valence-corrected chi connectivity index (χ0v) is 19.4. The standard InChI is InChI=1S/C29H40O2/c1-3-5-7-8-9-10-11-12-13-25-31-29-22-18-27(19-23-29)15-14-26-16-20-28(21-17-26)30-24-6-4-2/h3,14-23H,1,4-13,24-25H2,2H3/b15-14+. The average Bonchev–Trinajstić information content (AvgIpc) is 2.81. The Bertz CT molecular complexity index is 728. The van der Waals surface area contributed by atoms with Crippen molar-refractivity contribution in [2.45, 2.75) is 71.1 Å². The third kappa shape index (κ3) is 11.5. The molecule has 168 valence electrons. The SMILES string of the molecule is C=CCCCCCCCCCOc1ccc(/C=C/c2ccc(OCCCC)cc2)cc1. The molecule has 0 bridgehead atoms. The second kappa shape index (κ2) is 16.2. The van der Waals surface area contributed by atoms with E-state index in [1.165, 1.54) is 49.7 Å². The first-order valence-corrected chi connectivity index (χ1v) is 12.1. The molecule has 0 radical (unpaired) electrons. The summed E-state index contributed by atoms with van der Waals surface area (Å²) < 4.78 is 11.6. The van der Waals surface area contributed by atoms with Crippen molar-refractivity contribution in [1.82, 2.24) is 0 Å². The number of allylic oxidation sites excluding steroid dienone is 1. The van der Waals surface area contributed by atoms with Gasteiger partial charge >= 0.3 is 0 Å². The van der Waals surface area contributed by atoms with Gasteiger partial charge in [0.2, 0.25) is 0 Å². The lowest BCUT2D eigenvalue weighted by atomic mass is 10.1. The van der Waals surface area contributed by atoms with E-state index >= 15 is 0 Å². The van der Waals surface area contributed by atoms with Gasteiger partial charge in [-0.1, -0.05) is 87.9 Å². The molecule has 0 aliphatic heterocycles. The van der Waals surface area contributed by atoms with Crippen LogP contribution < -0.4 is 9.47 Å². The Labute approximate surface area is 190 Å². The second-order valence-corrected chi connectivity index (χ2v) is 8.07. The fraction of sp³-hybridized carbons (Fsp3) is 0.448. The summed E-state index contributed by atoms with van der Waals surface area (Å²) in [5.41, 5.74) is 2.34. The van der Waals surface area contributed by atoms with E-state index in [9.17, 15) is 0 Å². The molecular weight excluding hydrogens is 380 g/mol. The number of hydrogen-bond donors (Lipinski definition) is 0. The molecule has 0 unspecified atom stereocenters. The lowest BCUT2D eigenvalue weighted by molar-refractivity contribution is 0.304. The van der Waals surface area contributed by atoms with E-state index in [0.29, 0.717) is 0 Å². The van der Waals surface area contributed by atoms with Crippen LogP contribution in [0.15, 0.2) is 61.2 Å². The van der Waals surface area contributed by atoms with E-state index in [1.807, 2.05) is 18.2 Å². The van der Waals surface area contributed by atoms with Crippen LogP contribution in [-0.2, 0) is 0 Å². The summed E-state index contributed by atoms with van der Waals surface area (Å²) in [4.78, 5) is 0. The first-order valence-electron chi connectivity index (χ1n) is 12.1. The minimum Gasteiger partial charge on any atom is -0.494 e. The minimum atomic E-state index is 0.788. The highest BCUT2D eigenvalue weighted by molar-refractivity contribution is 5.70. The number of unbranched alkanes of at least 4 members (excludes halogenated alkanes) is 8. The number of rotatable bonds is 17. The maximum absolute atomic E-state index is 5.89. The molecule has 0 atom stereocenters. The Morgan fingerprint density at radius 3 is 1.55 bits per heavy atom. The maximum Gasteiger partial charge on any atom is 0.119 e. The summed E-state index contributed by atoms with van der Waals surface area (Å²) in [6, 6.07) is 16.6. The summed E-state index contributed by atoms with van der Waals surface area (Å²) >= 11 is 0. The Balaban J connectivity index is 1.61. The molecule has 0 aromatic heterocycles.